The monoisotopic (exact) mass is 524 g/mol. The van der Waals surface area contributed by atoms with E-state index in [0.29, 0.717) is 41.9 Å². The summed E-state index contributed by atoms with van der Waals surface area (Å²) in [5.41, 5.74) is 6.82. The molecule has 0 unspecified atom stereocenters. The first-order chi connectivity index (χ1) is 18.0. The van der Waals surface area contributed by atoms with E-state index in [1.807, 2.05) is 11.3 Å². The van der Waals surface area contributed by atoms with Crippen LogP contribution in [-0.4, -0.2) is 36.3 Å². The summed E-state index contributed by atoms with van der Waals surface area (Å²) in [5, 5.41) is 11.8. The number of alkyl halides is 3. The van der Waals surface area contributed by atoms with E-state index in [1.54, 1.807) is 24.5 Å². The van der Waals surface area contributed by atoms with Crippen LogP contribution in [0.1, 0.15) is 47.9 Å². The van der Waals surface area contributed by atoms with Gasteiger partial charge in [0.25, 0.3) is 5.91 Å². The van der Waals surface area contributed by atoms with E-state index in [1.165, 1.54) is 12.1 Å². The van der Waals surface area contributed by atoms with Gasteiger partial charge in [0.1, 0.15) is 28.7 Å². The van der Waals surface area contributed by atoms with Crippen molar-refractivity contribution < 1.29 is 27.9 Å². The van der Waals surface area contributed by atoms with Crippen LogP contribution in [0.4, 0.5) is 24.8 Å². The Bertz CT molecular complexity index is 1540. The van der Waals surface area contributed by atoms with Crippen LogP contribution in [-0.2, 0) is 16.4 Å². The normalized spacial score (nSPS) is 19.2. The maximum Gasteiger partial charge on any atom is 0.416 e. The quantitative estimate of drug-likeness (QED) is 0.330. The second-order valence-electron chi connectivity index (χ2n) is 9.35. The fourth-order valence-corrected chi connectivity index (χ4v) is 4.97. The highest BCUT2D eigenvalue weighted by atomic mass is 19.4. The van der Waals surface area contributed by atoms with Crippen LogP contribution in [0.15, 0.2) is 55.0 Å². The number of rotatable bonds is 6. The zero-order valence-corrected chi connectivity index (χ0v) is 20.2. The first-order valence-corrected chi connectivity index (χ1v) is 11.8. The molecule has 3 aromatic heterocycles. The molecule has 4 aromatic rings. The summed E-state index contributed by atoms with van der Waals surface area (Å²) in [6.45, 7) is 2.00. The Kier molecular flexibility index (Phi) is 6.04. The molecule has 1 aliphatic rings. The number of aromatic nitrogens is 4. The van der Waals surface area contributed by atoms with E-state index in [2.05, 4.69) is 15.3 Å². The largest absolute Gasteiger partial charge is 0.481 e. The second-order valence-corrected chi connectivity index (χ2v) is 9.35. The maximum atomic E-state index is 13.0. The van der Waals surface area contributed by atoms with Gasteiger partial charge in [-0.05, 0) is 43.5 Å². The van der Waals surface area contributed by atoms with Gasteiger partial charge in [-0.15, -0.1) is 0 Å². The lowest BCUT2D eigenvalue weighted by Gasteiger charge is -2.44. The van der Waals surface area contributed by atoms with Gasteiger partial charge in [0.15, 0.2) is 0 Å². The number of carbonyl (C=O) groups excluding carboxylic acids is 1. The molecular weight excluding hydrogens is 501 g/mol. The van der Waals surface area contributed by atoms with E-state index in [4.69, 9.17) is 10.7 Å². The number of nitrogens with zero attached hydrogens (tertiary/aromatic N) is 4. The molecule has 3 heterocycles. The molecule has 0 atom stereocenters. The first-order valence-electron chi connectivity index (χ1n) is 11.8. The number of nitrogen functional groups attached to an aromatic ring is 1. The number of carboxylic acid groups (broad SMARTS) is 1. The molecular formula is C26H23F3N6O3. The van der Waals surface area contributed by atoms with Crippen molar-refractivity contribution in [3.63, 3.8) is 0 Å². The minimum Gasteiger partial charge on any atom is -0.481 e. The number of carbonyl (C=O) groups is 2. The number of nitrogens with two attached hydrogens (primary N) is 1. The summed E-state index contributed by atoms with van der Waals surface area (Å²) in [4.78, 5) is 37.0. The van der Waals surface area contributed by atoms with Crippen LogP contribution in [0.5, 0.6) is 0 Å². The first kappa shape index (κ1) is 25.2. The number of hydrogen-bond donors (Lipinski definition) is 3. The number of anilines is 2. The molecule has 0 spiro atoms. The summed E-state index contributed by atoms with van der Waals surface area (Å²) in [5.74, 6) is -1.16. The minimum absolute atomic E-state index is 0.205. The molecule has 196 valence electrons. The Hall–Kier alpha value is -4.48. The number of carboxylic acids is 1. The minimum atomic E-state index is -4.56. The zero-order chi connectivity index (χ0) is 27.2. The summed E-state index contributed by atoms with van der Waals surface area (Å²) in [6.07, 6.45) is 1.34. The number of imidazole rings is 1. The van der Waals surface area contributed by atoms with Gasteiger partial charge in [-0.25, -0.2) is 15.0 Å². The van der Waals surface area contributed by atoms with Crippen molar-refractivity contribution in [2.45, 2.75) is 37.8 Å². The predicted octanol–water partition coefficient (Wildman–Crippen LogP) is 4.79. The van der Waals surface area contributed by atoms with Crippen LogP contribution < -0.4 is 11.1 Å². The van der Waals surface area contributed by atoms with E-state index in [9.17, 15) is 27.9 Å². The topological polar surface area (TPSA) is 136 Å². The number of benzene rings is 1. The van der Waals surface area contributed by atoms with Crippen LogP contribution >= 0.6 is 0 Å². The lowest BCUT2D eigenvalue weighted by Crippen LogP contribution is -2.45. The molecule has 1 amide bonds. The van der Waals surface area contributed by atoms with Gasteiger partial charge in [0, 0.05) is 35.1 Å². The van der Waals surface area contributed by atoms with Gasteiger partial charge >= 0.3 is 12.1 Å². The fourth-order valence-electron chi connectivity index (χ4n) is 4.97. The van der Waals surface area contributed by atoms with Crippen molar-refractivity contribution in [2.24, 2.45) is 5.92 Å². The van der Waals surface area contributed by atoms with Crippen molar-refractivity contribution >= 4 is 29.0 Å². The molecule has 0 bridgehead atoms. The van der Waals surface area contributed by atoms with Gasteiger partial charge in [-0.1, -0.05) is 19.1 Å². The van der Waals surface area contributed by atoms with Gasteiger partial charge in [-0.2, -0.15) is 13.2 Å². The molecule has 4 N–H and O–H groups in total. The standard InChI is InChI=1S/C26H23F3N6O3/c1-2-25(12-16(13-25)23(37)38)24-34-19(20-21(30)32-9-10-35(20)24)14-3-5-15(6-4-14)22(36)33-18-11-17(7-8-31-18)26(27,28)29/h3-11,16H,2,12-13H2,1H3,(H2,30,32)(H,37,38)(H,31,33,36). The summed E-state index contributed by atoms with van der Waals surface area (Å²) in [6, 6.07) is 7.95. The van der Waals surface area contributed by atoms with Crippen LogP contribution in [0.25, 0.3) is 16.8 Å². The number of halogens is 3. The van der Waals surface area contributed by atoms with Gasteiger partial charge < -0.3 is 16.2 Å². The molecule has 1 fully saturated rings. The van der Waals surface area contributed by atoms with Crippen LogP contribution in [0.2, 0.25) is 0 Å². The van der Waals surface area contributed by atoms with Crippen molar-refractivity contribution in [1.29, 1.82) is 0 Å². The molecule has 1 aliphatic carbocycles. The molecule has 9 nitrogen and oxygen atoms in total. The highest BCUT2D eigenvalue weighted by molar-refractivity contribution is 6.04. The van der Waals surface area contributed by atoms with Gasteiger partial charge in [0.2, 0.25) is 0 Å². The van der Waals surface area contributed by atoms with Crippen molar-refractivity contribution in [3.05, 3.63) is 71.9 Å². The predicted molar refractivity (Wildman–Crippen MR) is 132 cm³/mol. The third-order valence-corrected chi connectivity index (χ3v) is 7.11. The molecule has 1 aromatic carbocycles. The molecule has 0 aliphatic heterocycles. The number of aliphatic carboxylic acids is 1. The van der Waals surface area contributed by atoms with E-state index < -0.39 is 34.9 Å². The number of hydrogen-bond acceptors (Lipinski definition) is 6. The number of fused-ring (bicyclic) bond motifs is 1. The van der Waals surface area contributed by atoms with E-state index >= 15 is 0 Å². The van der Waals surface area contributed by atoms with Crippen molar-refractivity contribution in [2.75, 3.05) is 11.1 Å². The van der Waals surface area contributed by atoms with Crippen molar-refractivity contribution in [1.82, 2.24) is 19.4 Å². The SMILES string of the molecule is CCC1(c2nc(-c3ccc(C(=O)Nc4cc(C(F)(F)F)ccn4)cc3)c3c(N)nccn23)CC(C(=O)O)C1. The molecule has 12 heteroatoms. The Morgan fingerprint density at radius 2 is 1.87 bits per heavy atom. The number of pyridine rings is 1. The van der Waals surface area contributed by atoms with Gasteiger partial charge in [-0.3, -0.25) is 14.0 Å². The second kappa shape index (κ2) is 9.12. The summed E-state index contributed by atoms with van der Waals surface area (Å²) in [7, 11) is 0. The highest BCUT2D eigenvalue weighted by Crippen LogP contribution is 2.50. The van der Waals surface area contributed by atoms with E-state index in [0.717, 1.165) is 18.3 Å². The number of amides is 1. The lowest BCUT2D eigenvalue weighted by molar-refractivity contribution is -0.147. The Balaban J connectivity index is 1.46. The molecule has 5 rings (SSSR count). The molecule has 0 radical (unpaired) electrons. The highest BCUT2D eigenvalue weighted by Gasteiger charge is 2.50. The summed E-state index contributed by atoms with van der Waals surface area (Å²) < 4.78 is 40.7. The van der Waals surface area contributed by atoms with Crippen LogP contribution in [0, 0.1) is 5.92 Å². The molecule has 0 saturated heterocycles. The summed E-state index contributed by atoms with van der Waals surface area (Å²) >= 11 is 0. The molecule has 1 saturated carbocycles. The van der Waals surface area contributed by atoms with E-state index in [-0.39, 0.29) is 17.2 Å². The third-order valence-electron chi connectivity index (χ3n) is 7.11. The maximum absolute atomic E-state index is 13.0. The lowest BCUT2D eigenvalue weighted by atomic mass is 9.60. The molecule has 38 heavy (non-hydrogen) atoms. The average molecular weight is 525 g/mol. The zero-order valence-electron chi connectivity index (χ0n) is 20.2. The average Bonchev–Trinajstić information content (AvgIpc) is 3.25. The Morgan fingerprint density at radius 3 is 2.50 bits per heavy atom. The Labute approximate surface area is 214 Å². The smallest absolute Gasteiger partial charge is 0.416 e. The third kappa shape index (κ3) is 4.31. The number of nitrogens with one attached hydrogen (secondary N) is 1. The fraction of sp³-hybridized carbons (Fsp3) is 0.269. The van der Waals surface area contributed by atoms with Gasteiger partial charge in [0.05, 0.1) is 11.5 Å². The van der Waals surface area contributed by atoms with Crippen LogP contribution in [0.3, 0.4) is 0 Å². The Morgan fingerprint density at radius 1 is 1.16 bits per heavy atom. The van der Waals surface area contributed by atoms with Crippen molar-refractivity contribution in [3.8, 4) is 11.3 Å².